The lowest BCUT2D eigenvalue weighted by Crippen LogP contribution is -2.39. The minimum absolute atomic E-state index is 0.106. The Balaban J connectivity index is 1.68. The van der Waals surface area contributed by atoms with Crippen molar-refractivity contribution in [3.8, 4) is 5.75 Å². The summed E-state index contributed by atoms with van der Waals surface area (Å²) in [6, 6.07) is 20.9. The molecule has 1 amide bonds. The molecule has 4 nitrogen and oxygen atoms in total. The molecule has 2 N–H and O–H groups in total. The summed E-state index contributed by atoms with van der Waals surface area (Å²) >= 11 is 0. The SMILES string of the molecule is COc1ccc([C@H](O)[C@H](C)NC(=O)[C@H](C)c2ccc3ccccc3c2)cc1. The van der Waals surface area contributed by atoms with Crippen molar-refractivity contribution in [2.45, 2.75) is 31.9 Å². The quantitative estimate of drug-likeness (QED) is 0.690. The van der Waals surface area contributed by atoms with Gasteiger partial charge in [0, 0.05) is 0 Å². The summed E-state index contributed by atoms with van der Waals surface area (Å²) in [5.74, 6) is 0.318. The van der Waals surface area contributed by atoms with Crippen LogP contribution in [0.1, 0.15) is 37.0 Å². The number of carbonyl (C=O) groups excluding carboxylic acids is 1. The second-order valence-electron chi connectivity index (χ2n) is 6.84. The van der Waals surface area contributed by atoms with Gasteiger partial charge >= 0.3 is 0 Å². The smallest absolute Gasteiger partial charge is 0.227 e. The van der Waals surface area contributed by atoms with Crippen LogP contribution in [0.15, 0.2) is 66.7 Å². The minimum Gasteiger partial charge on any atom is -0.497 e. The fourth-order valence-corrected chi connectivity index (χ4v) is 3.15. The van der Waals surface area contributed by atoms with E-state index in [-0.39, 0.29) is 11.8 Å². The van der Waals surface area contributed by atoms with Crippen LogP contribution in [0.5, 0.6) is 5.75 Å². The molecule has 3 aromatic rings. The van der Waals surface area contributed by atoms with Crippen LogP contribution in [-0.4, -0.2) is 24.2 Å². The highest BCUT2D eigenvalue weighted by Crippen LogP contribution is 2.24. The van der Waals surface area contributed by atoms with Crippen molar-refractivity contribution in [3.63, 3.8) is 0 Å². The molecule has 140 valence electrons. The summed E-state index contributed by atoms with van der Waals surface area (Å²) in [5, 5.41) is 15.7. The Morgan fingerprint density at radius 1 is 0.926 bits per heavy atom. The van der Waals surface area contributed by atoms with Crippen LogP contribution in [0.2, 0.25) is 0 Å². The van der Waals surface area contributed by atoms with Gasteiger partial charge in [-0.3, -0.25) is 4.79 Å². The molecule has 0 saturated heterocycles. The molecule has 0 aromatic heterocycles. The van der Waals surface area contributed by atoms with E-state index < -0.39 is 12.1 Å². The molecule has 0 unspecified atom stereocenters. The number of methoxy groups -OCH3 is 1. The number of amides is 1. The predicted molar refractivity (Wildman–Crippen MR) is 108 cm³/mol. The molecule has 0 heterocycles. The van der Waals surface area contributed by atoms with Crippen LogP contribution in [0.25, 0.3) is 10.8 Å². The molecule has 3 rings (SSSR count). The molecule has 0 aliphatic carbocycles. The average molecular weight is 363 g/mol. The molecule has 0 aliphatic rings. The summed E-state index contributed by atoms with van der Waals surface area (Å²) in [7, 11) is 1.60. The van der Waals surface area contributed by atoms with Crippen molar-refractivity contribution < 1.29 is 14.6 Å². The lowest BCUT2D eigenvalue weighted by atomic mass is 9.96. The van der Waals surface area contributed by atoms with Crippen molar-refractivity contribution in [2.24, 2.45) is 0 Å². The number of hydrogen-bond donors (Lipinski definition) is 2. The van der Waals surface area contributed by atoms with E-state index in [1.807, 2.05) is 43.3 Å². The van der Waals surface area contributed by atoms with Gasteiger partial charge in [-0.05, 0) is 47.9 Å². The van der Waals surface area contributed by atoms with E-state index in [4.69, 9.17) is 4.74 Å². The topological polar surface area (TPSA) is 58.6 Å². The van der Waals surface area contributed by atoms with Crippen LogP contribution in [0.3, 0.4) is 0 Å². The Morgan fingerprint density at radius 2 is 1.56 bits per heavy atom. The van der Waals surface area contributed by atoms with Crippen LogP contribution in [0, 0.1) is 0 Å². The van der Waals surface area contributed by atoms with Gasteiger partial charge in [-0.1, -0.05) is 54.6 Å². The van der Waals surface area contributed by atoms with Crippen molar-refractivity contribution in [2.75, 3.05) is 7.11 Å². The molecule has 0 fully saturated rings. The van der Waals surface area contributed by atoms with Crippen LogP contribution in [-0.2, 0) is 4.79 Å². The minimum atomic E-state index is -0.788. The lowest BCUT2D eigenvalue weighted by molar-refractivity contribution is -0.123. The molecular weight excluding hydrogens is 338 g/mol. The van der Waals surface area contributed by atoms with Gasteiger partial charge in [0.05, 0.1) is 25.2 Å². The highest BCUT2D eigenvalue weighted by Gasteiger charge is 2.22. The Bertz CT molecular complexity index is 920. The van der Waals surface area contributed by atoms with E-state index in [0.29, 0.717) is 0 Å². The lowest BCUT2D eigenvalue weighted by Gasteiger charge is -2.23. The molecule has 27 heavy (non-hydrogen) atoms. The first kappa shape index (κ1) is 18.9. The second-order valence-corrected chi connectivity index (χ2v) is 6.84. The highest BCUT2D eigenvalue weighted by molar-refractivity contribution is 5.87. The van der Waals surface area contributed by atoms with Crippen molar-refractivity contribution >= 4 is 16.7 Å². The third kappa shape index (κ3) is 4.29. The number of ether oxygens (including phenoxy) is 1. The van der Waals surface area contributed by atoms with E-state index in [0.717, 1.165) is 27.6 Å². The molecule has 3 aromatic carbocycles. The van der Waals surface area contributed by atoms with Crippen molar-refractivity contribution in [1.82, 2.24) is 5.32 Å². The molecule has 0 spiro atoms. The van der Waals surface area contributed by atoms with Gasteiger partial charge in [-0.2, -0.15) is 0 Å². The first-order valence-corrected chi connectivity index (χ1v) is 9.10. The number of aliphatic hydroxyl groups is 1. The zero-order valence-electron chi connectivity index (χ0n) is 15.8. The predicted octanol–water partition coefficient (Wildman–Crippen LogP) is 4.19. The molecule has 0 radical (unpaired) electrons. The summed E-state index contributed by atoms with van der Waals surface area (Å²) in [6.07, 6.45) is -0.788. The van der Waals surface area contributed by atoms with Crippen LogP contribution >= 0.6 is 0 Å². The Kier molecular flexibility index (Phi) is 5.77. The number of hydrogen-bond acceptors (Lipinski definition) is 3. The number of benzene rings is 3. The Morgan fingerprint density at radius 3 is 2.22 bits per heavy atom. The van der Waals surface area contributed by atoms with Gasteiger partial charge < -0.3 is 15.2 Å². The first-order valence-electron chi connectivity index (χ1n) is 9.10. The highest BCUT2D eigenvalue weighted by atomic mass is 16.5. The van der Waals surface area contributed by atoms with E-state index in [1.54, 1.807) is 38.3 Å². The Hall–Kier alpha value is -2.85. The number of carbonyl (C=O) groups is 1. The van der Waals surface area contributed by atoms with Gasteiger partial charge in [0.25, 0.3) is 0 Å². The molecule has 3 atom stereocenters. The fourth-order valence-electron chi connectivity index (χ4n) is 3.15. The third-order valence-corrected chi connectivity index (χ3v) is 4.97. The van der Waals surface area contributed by atoms with Gasteiger partial charge in [0.1, 0.15) is 5.75 Å². The van der Waals surface area contributed by atoms with E-state index in [9.17, 15) is 9.90 Å². The zero-order valence-corrected chi connectivity index (χ0v) is 15.8. The van der Waals surface area contributed by atoms with E-state index >= 15 is 0 Å². The monoisotopic (exact) mass is 363 g/mol. The third-order valence-electron chi connectivity index (χ3n) is 4.97. The number of rotatable bonds is 6. The van der Waals surface area contributed by atoms with Gasteiger partial charge in [0.15, 0.2) is 0 Å². The van der Waals surface area contributed by atoms with E-state index in [2.05, 4.69) is 11.4 Å². The zero-order chi connectivity index (χ0) is 19.4. The normalized spacial score (nSPS) is 14.4. The van der Waals surface area contributed by atoms with Gasteiger partial charge in [-0.15, -0.1) is 0 Å². The number of aliphatic hydroxyl groups excluding tert-OH is 1. The molecule has 0 bridgehead atoms. The molecule has 0 saturated carbocycles. The standard InChI is InChI=1S/C23H25NO3/c1-15(19-9-8-17-6-4-5-7-20(17)14-19)23(26)24-16(2)22(25)18-10-12-21(27-3)13-11-18/h4-16,22,25H,1-3H3,(H,24,26)/t15-,16+,22-/m1/s1. The maximum atomic E-state index is 12.7. The fraction of sp³-hybridized carbons (Fsp3) is 0.261. The molecule has 0 aliphatic heterocycles. The largest absolute Gasteiger partial charge is 0.497 e. The summed E-state index contributed by atoms with van der Waals surface area (Å²) < 4.78 is 5.13. The van der Waals surface area contributed by atoms with E-state index in [1.165, 1.54) is 0 Å². The summed E-state index contributed by atoms with van der Waals surface area (Å²) in [6.45, 7) is 3.69. The average Bonchev–Trinajstić information content (AvgIpc) is 2.72. The number of fused-ring (bicyclic) bond motifs is 1. The molecular formula is C23H25NO3. The maximum absolute atomic E-state index is 12.7. The first-order chi connectivity index (χ1) is 13.0. The van der Waals surface area contributed by atoms with Crippen molar-refractivity contribution in [1.29, 1.82) is 0 Å². The maximum Gasteiger partial charge on any atom is 0.227 e. The summed E-state index contributed by atoms with van der Waals surface area (Å²) in [4.78, 5) is 12.7. The van der Waals surface area contributed by atoms with Gasteiger partial charge in [-0.25, -0.2) is 0 Å². The van der Waals surface area contributed by atoms with Crippen molar-refractivity contribution in [3.05, 3.63) is 77.9 Å². The second kappa shape index (κ2) is 8.23. The summed E-state index contributed by atoms with van der Waals surface area (Å²) in [5.41, 5.74) is 1.69. The Labute approximate surface area is 159 Å². The molecule has 4 heteroatoms. The van der Waals surface area contributed by atoms with Crippen LogP contribution < -0.4 is 10.1 Å². The van der Waals surface area contributed by atoms with Crippen LogP contribution in [0.4, 0.5) is 0 Å². The number of nitrogens with one attached hydrogen (secondary N) is 1. The van der Waals surface area contributed by atoms with Gasteiger partial charge in [0.2, 0.25) is 5.91 Å².